The lowest BCUT2D eigenvalue weighted by Crippen LogP contribution is -2.08. The fourth-order valence-electron chi connectivity index (χ4n) is 1.54. The van der Waals surface area contributed by atoms with Crippen LogP contribution in [0.25, 0.3) is 0 Å². The fourth-order valence-corrected chi connectivity index (χ4v) is 2.45. The Morgan fingerprint density at radius 3 is 2.94 bits per heavy atom. The van der Waals surface area contributed by atoms with E-state index in [9.17, 15) is 0 Å². The van der Waals surface area contributed by atoms with Gasteiger partial charge in [-0.15, -0.1) is 11.3 Å². The number of nitrogens with zero attached hydrogens (tertiary/aromatic N) is 3. The van der Waals surface area contributed by atoms with Gasteiger partial charge in [0, 0.05) is 4.88 Å². The van der Waals surface area contributed by atoms with E-state index in [2.05, 4.69) is 38.6 Å². The van der Waals surface area contributed by atoms with Crippen molar-refractivity contribution in [2.45, 2.75) is 19.9 Å². The number of nitrogens with two attached hydrogens (primary N) is 1. The van der Waals surface area contributed by atoms with Gasteiger partial charge in [0.05, 0.1) is 13.7 Å². The van der Waals surface area contributed by atoms with Gasteiger partial charge in [-0.1, -0.05) is 6.92 Å². The number of anilines is 2. The average molecular weight is 265 g/mol. The molecule has 0 aliphatic heterocycles. The standard InChI is InChI=1S/C11H15N5OS/c1-3-7-4-5-18-8(7)6-13-10-14-9(12)15-11(16-10)17-2/h4-5H,3,6H2,1-2H3,(H3,12,13,14,15,16). The van der Waals surface area contributed by atoms with E-state index in [4.69, 9.17) is 10.5 Å². The second-order valence-corrected chi connectivity index (χ2v) is 4.58. The fraction of sp³-hybridized carbons (Fsp3) is 0.364. The average Bonchev–Trinajstić information content (AvgIpc) is 2.83. The van der Waals surface area contributed by atoms with Gasteiger partial charge < -0.3 is 15.8 Å². The van der Waals surface area contributed by atoms with Crippen LogP contribution in [0.2, 0.25) is 0 Å². The zero-order valence-corrected chi connectivity index (χ0v) is 11.1. The van der Waals surface area contributed by atoms with Gasteiger partial charge in [-0.05, 0) is 23.4 Å². The summed E-state index contributed by atoms with van der Waals surface area (Å²) in [6.45, 7) is 2.81. The molecule has 0 atom stereocenters. The number of hydrogen-bond acceptors (Lipinski definition) is 7. The van der Waals surface area contributed by atoms with Gasteiger partial charge in [-0.25, -0.2) is 0 Å². The molecule has 0 aliphatic rings. The second kappa shape index (κ2) is 5.63. The summed E-state index contributed by atoms with van der Waals surface area (Å²) in [5.41, 5.74) is 6.90. The molecule has 6 nitrogen and oxygen atoms in total. The molecule has 0 aromatic carbocycles. The molecule has 0 amide bonds. The topological polar surface area (TPSA) is 86.0 Å². The van der Waals surface area contributed by atoms with Gasteiger partial charge in [-0.2, -0.15) is 15.0 Å². The van der Waals surface area contributed by atoms with E-state index in [1.807, 2.05) is 0 Å². The predicted octanol–water partition coefficient (Wildman–Crippen LogP) is 1.70. The van der Waals surface area contributed by atoms with E-state index in [0.29, 0.717) is 12.5 Å². The third-order valence-electron chi connectivity index (χ3n) is 2.44. The Kier molecular flexibility index (Phi) is 3.93. The Balaban J connectivity index is 2.08. The first-order valence-corrected chi connectivity index (χ1v) is 6.45. The van der Waals surface area contributed by atoms with Crippen molar-refractivity contribution in [1.29, 1.82) is 0 Å². The van der Waals surface area contributed by atoms with Gasteiger partial charge in [0.15, 0.2) is 0 Å². The van der Waals surface area contributed by atoms with Crippen LogP contribution in [-0.4, -0.2) is 22.1 Å². The number of thiophene rings is 1. The molecule has 7 heteroatoms. The molecular weight excluding hydrogens is 250 g/mol. The number of ether oxygens (including phenoxy) is 1. The number of aryl methyl sites for hydroxylation is 1. The zero-order valence-electron chi connectivity index (χ0n) is 10.3. The van der Waals surface area contributed by atoms with Crippen molar-refractivity contribution in [3.8, 4) is 6.01 Å². The Morgan fingerprint density at radius 2 is 2.22 bits per heavy atom. The van der Waals surface area contributed by atoms with Crippen molar-refractivity contribution in [2.75, 3.05) is 18.2 Å². The number of aromatic nitrogens is 3. The molecule has 2 aromatic rings. The maximum Gasteiger partial charge on any atom is 0.322 e. The van der Waals surface area contributed by atoms with Gasteiger partial charge >= 0.3 is 6.01 Å². The monoisotopic (exact) mass is 265 g/mol. The number of hydrogen-bond donors (Lipinski definition) is 2. The van der Waals surface area contributed by atoms with Gasteiger partial charge in [-0.3, -0.25) is 0 Å². The minimum absolute atomic E-state index is 0.145. The smallest absolute Gasteiger partial charge is 0.322 e. The van der Waals surface area contributed by atoms with E-state index < -0.39 is 0 Å². The van der Waals surface area contributed by atoms with Gasteiger partial charge in [0.25, 0.3) is 0 Å². The van der Waals surface area contributed by atoms with Crippen molar-refractivity contribution in [2.24, 2.45) is 0 Å². The van der Waals surface area contributed by atoms with E-state index >= 15 is 0 Å². The Bertz CT molecular complexity index is 528. The highest BCUT2D eigenvalue weighted by atomic mass is 32.1. The number of rotatable bonds is 5. The Morgan fingerprint density at radius 1 is 1.39 bits per heavy atom. The van der Waals surface area contributed by atoms with Crippen LogP contribution in [0.3, 0.4) is 0 Å². The molecule has 0 aliphatic carbocycles. The van der Waals surface area contributed by atoms with Crippen LogP contribution < -0.4 is 15.8 Å². The molecule has 0 bridgehead atoms. The highest BCUT2D eigenvalue weighted by Crippen LogP contribution is 2.18. The molecule has 0 unspecified atom stereocenters. The molecule has 0 radical (unpaired) electrons. The number of nitrogen functional groups attached to an aromatic ring is 1. The largest absolute Gasteiger partial charge is 0.467 e. The molecule has 3 N–H and O–H groups in total. The SMILES string of the molecule is CCc1ccsc1CNc1nc(N)nc(OC)n1. The highest BCUT2D eigenvalue weighted by Gasteiger charge is 2.06. The van der Waals surface area contributed by atoms with E-state index in [-0.39, 0.29) is 12.0 Å². The normalized spacial score (nSPS) is 10.3. The summed E-state index contributed by atoms with van der Waals surface area (Å²) in [6.07, 6.45) is 1.02. The molecule has 0 saturated heterocycles. The molecule has 18 heavy (non-hydrogen) atoms. The van der Waals surface area contributed by atoms with E-state index in [1.165, 1.54) is 17.6 Å². The van der Waals surface area contributed by atoms with Gasteiger partial charge in [0.2, 0.25) is 11.9 Å². The predicted molar refractivity (Wildman–Crippen MR) is 71.8 cm³/mol. The second-order valence-electron chi connectivity index (χ2n) is 3.58. The molecule has 96 valence electrons. The maximum absolute atomic E-state index is 5.56. The van der Waals surface area contributed by atoms with E-state index in [1.54, 1.807) is 11.3 Å². The lowest BCUT2D eigenvalue weighted by Gasteiger charge is -2.06. The molecule has 2 heterocycles. The Hall–Kier alpha value is -1.89. The van der Waals surface area contributed by atoms with Crippen molar-refractivity contribution < 1.29 is 4.74 Å². The number of nitrogens with one attached hydrogen (secondary N) is 1. The summed E-state index contributed by atoms with van der Waals surface area (Å²) in [5, 5.41) is 5.21. The summed E-state index contributed by atoms with van der Waals surface area (Å²) < 4.78 is 4.94. The van der Waals surface area contributed by atoms with Crippen LogP contribution in [0, 0.1) is 0 Å². The van der Waals surface area contributed by atoms with Crippen LogP contribution in [-0.2, 0) is 13.0 Å². The van der Waals surface area contributed by atoms with Gasteiger partial charge in [0.1, 0.15) is 0 Å². The van der Waals surface area contributed by atoms with Crippen LogP contribution in [0.4, 0.5) is 11.9 Å². The summed E-state index contributed by atoms with van der Waals surface area (Å²) in [5.74, 6) is 0.570. The lowest BCUT2D eigenvalue weighted by atomic mass is 10.2. The van der Waals surface area contributed by atoms with Crippen molar-refractivity contribution in [3.63, 3.8) is 0 Å². The molecule has 0 saturated carbocycles. The van der Waals surface area contributed by atoms with Crippen molar-refractivity contribution in [3.05, 3.63) is 21.9 Å². The zero-order chi connectivity index (χ0) is 13.0. The molecule has 0 fully saturated rings. The first-order valence-electron chi connectivity index (χ1n) is 5.57. The molecule has 2 rings (SSSR count). The van der Waals surface area contributed by atoms with E-state index in [0.717, 1.165) is 6.42 Å². The lowest BCUT2D eigenvalue weighted by molar-refractivity contribution is 0.379. The molecular formula is C11H15N5OS. The first kappa shape index (κ1) is 12.6. The minimum Gasteiger partial charge on any atom is -0.467 e. The quantitative estimate of drug-likeness (QED) is 0.855. The van der Waals surface area contributed by atoms with Crippen molar-refractivity contribution >= 4 is 23.2 Å². The van der Waals surface area contributed by atoms with Crippen LogP contribution in [0.5, 0.6) is 6.01 Å². The summed E-state index contributed by atoms with van der Waals surface area (Å²) in [7, 11) is 1.49. The first-order chi connectivity index (χ1) is 8.72. The van der Waals surface area contributed by atoms with Crippen molar-refractivity contribution in [1.82, 2.24) is 15.0 Å². The third-order valence-corrected chi connectivity index (χ3v) is 3.40. The number of methoxy groups -OCH3 is 1. The van der Waals surface area contributed by atoms with Crippen LogP contribution >= 0.6 is 11.3 Å². The Labute approximate surface area is 109 Å². The molecule has 0 spiro atoms. The minimum atomic E-state index is 0.145. The third kappa shape index (κ3) is 2.86. The highest BCUT2D eigenvalue weighted by molar-refractivity contribution is 7.10. The summed E-state index contributed by atoms with van der Waals surface area (Å²) in [6, 6.07) is 2.34. The molecule has 2 aromatic heterocycles. The van der Waals surface area contributed by atoms with Crippen LogP contribution in [0.15, 0.2) is 11.4 Å². The van der Waals surface area contributed by atoms with Crippen LogP contribution in [0.1, 0.15) is 17.4 Å². The summed E-state index contributed by atoms with van der Waals surface area (Å²) >= 11 is 1.71. The summed E-state index contributed by atoms with van der Waals surface area (Å²) in [4.78, 5) is 13.2. The maximum atomic E-state index is 5.56.